The Bertz CT molecular complexity index is 579. The van der Waals surface area contributed by atoms with E-state index < -0.39 is 12.1 Å². The summed E-state index contributed by atoms with van der Waals surface area (Å²) in [5.41, 5.74) is 0. The van der Waals surface area contributed by atoms with Crippen LogP contribution >= 0.6 is 0 Å². The van der Waals surface area contributed by atoms with Crippen LogP contribution < -0.4 is 5.32 Å². The quantitative estimate of drug-likeness (QED) is 0.0496. The molecule has 0 aliphatic heterocycles. The largest absolute Gasteiger partial charge is 0.394 e. The van der Waals surface area contributed by atoms with Crippen LogP contribution in [-0.2, 0) is 4.79 Å². The van der Waals surface area contributed by atoms with Gasteiger partial charge in [-0.15, -0.1) is 0 Å². The van der Waals surface area contributed by atoms with Crippen molar-refractivity contribution in [1.29, 1.82) is 0 Å². The van der Waals surface area contributed by atoms with Crippen LogP contribution in [0.5, 0.6) is 0 Å². The molecule has 0 bridgehead atoms. The lowest BCUT2D eigenvalue weighted by Crippen LogP contribution is -2.45. The molecule has 0 aromatic carbocycles. The van der Waals surface area contributed by atoms with Crippen molar-refractivity contribution < 1.29 is 15.0 Å². The van der Waals surface area contributed by atoms with E-state index in [0.29, 0.717) is 12.8 Å². The number of aliphatic hydroxyl groups is 2. The summed E-state index contributed by atoms with van der Waals surface area (Å²) in [5, 5.41) is 23.0. The average Bonchev–Trinajstić information content (AvgIpc) is 3.01. The maximum Gasteiger partial charge on any atom is 0.220 e. The zero-order valence-corrected chi connectivity index (χ0v) is 29.2. The fraction of sp³-hybridized carbons (Fsp3) is 0.923. The van der Waals surface area contributed by atoms with Gasteiger partial charge in [0.1, 0.15) is 0 Å². The predicted molar refractivity (Wildman–Crippen MR) is 189 cm³/mol. The SMILES string of the molecule is CCCCCCCCCC/C=C\CCCCCCCCCC(=O)NC(CO)C(O)CCCCCCCCCCCCCC. The standard InChI is InChI=1S/C39H77NO3/c1-3-5-7-9-11-13-15-17-18-19-20-21-22-23-25-27-29-31-33-35-39(43)40-37(36-41)38(42)34-32-30-28-26-24-16-14-12-10-8-6-4-2/h19-20,37-38,41-42H,3-18,21-36H2,1-2H3,(H,40,43)/b20-19-. The zero-order valence-electron chi connectivity index (χ0n) is 29.2. The van der Waals surface area contributed by atoms with Crippen molar-refractivity contribution in [3.63, 3.8) is 0 Å². The Morgan fingerprint density at radius 2 is 0.884 bits per heavy atom. The van der Waals surface area contributed by atoms with Gasteiger partial charge in [-0.25, -0.2) is 0 Å². The summed E-state index contributed by atoms with van der Waals surface area (Å²) in [7, 11) is 0. The lowest BCUT2D eigenvalue weighted by Gasteiger charge is -2.22. The Morgan fingerprint density at radius 1 is 0.535 bits per heavy atom. The maximum absolute atomic E-state index is 12.3. The van der Waals surface area contributed by atoms with Gasteiger partial charge in [-0.2, -0.15) is 0 Å². The third-order valence-electron chi connectivity index (χ3n) is 9.03. The Morgan fingerprint density at radius 3 is 1.28 bits per heavy atom. The molecule has 0 saturated carbocycles. The van der Waals surface area contributed by atoms with Crippen molar-refractivity contribution in [2.24, 2.45) is 0 Å². The molecular weight excluding hydrogens is 530 g/mol. The summed E-state index contributed by atoms with van der Waals surface area (Å²) in [6.07, 6.45) is 42.7. The molecule has 0 aliphatic rings. The number of unbranched alkanes of at least 4 members (excludes halogenated alkanes) is 26. The number of hydrogen-bond donors (Lipinski definition) is 3. The molecule has 0 saturated heterocycles. The van der Waals surface area contributed by atoms with Gasteiger partial charge < -0.3 is 15.5 Å². The first-order valence-electron chi connectivity index (χ1n) is 19.4. The molecule has 43 heavy (non-hydrogen) atoms. The number of nitrogens with one attached hydrogen (secondary N) is 1. The van der Waals surface area contributed by atoms with Crippen molar-refractivity contribution in [3.8, 4) is 0 Å². The van der Waals surface area contributed by atoms with E-state index in [-0.39, 0.29) is 12.5 Å². The van der Waals surface area contributed by atoms with Crippen LogP contribution in [-0.4, -0.2) is 34.9 Å². The molecule has 2 unspecified atom stereocenters. The number of carbonyl (C=O) groups is 1. The summed E-state index contributed by atoms with van der Waals surface area (Å²) < 4.78 is 0. The van der Waals surface area contributed by atoms with Gasteiger partial charge in [0.25, 0.3) is 0 Å². The van der Waals surface area contributed by atoms with Gasteiger partial charge in [0.15, 0.2) is 0 Å². The molecule has 0 fully saturated rings. The Balaban J connectivity index is 3.53. The highest BCUT2D eigenvalue weighted by molar-refractivity contribution is 5.76. The van der Waals surface area contributed by atoms with Crippen molar-refractivity contribution in [3.05, 3.63) is 12.2 Å². The van der Waals surface area contributed by atoms with E-state index in [1.807, 2.05) is 0 Å². The number of rotatable bonds is 35. The second kappa shape index (κ2) is 35.6. The average molecular weight is 608 g/mol. The van der Waals surface area contributed by atoms with Gasteiger partial charge in [-0.3, -0.25) is 4.79 Å². The maximum atomic E-state index is 12.3. The fourth-order valence-corrected chi connectivity index (χ4v) is 6.00. The van der Waals surface area contributed by atoms with E-state index in [1.54, 1.807) is 0 Å². The first-order valence-corrected chi connectivity index (χ1v) is 19.4. The number of allylic oxidation sites excluding steroid dienone is 2. The molecular formula is C39H77NO3. The second-order valence-corrected chi connectivity index (χ2v) is 13.4. The van der Waals surface area contributed by atoms with Crippen molar-refractivity contribution in [2.75, 3.05) is 6.61 Å². The molecule has 0 aromatic heterocycles. The molecule has 1 amide bonds. The summed E-state index contributed by atoms with van der Waals surface area (Å²) in [5.74, 6) is -0.0356. The van der Waals surface area contributed by atoms with Gasteiger partial charge in [-0.1, -0.05) is 180 Å². The highest BCUT2D eigenvalue weighted by Gasteiger charge is 2.19. The number of hydrogen-bond acceptors (Lipinski definition) is 3. The Kier molecular flexibility index (Phi) is 34.9. The van der Waals surface area contributed by atoms with Gasteiger partial charge in [0.05, 0.1) is 18.8 Å². The summed E-state index contributed by atoms with van der Waals surface area (Å²) in [6.45, 7) is 4.35. The molecule has 0 aliphatic carbocycles. The van der Waals surface area contributed by atoms with Crippen LogP contribution in [0.2, 0.25) is 0 Å². The van der Waals surface area contributed by atoms with E-state index in [4.69, 9.17) is 0 Å². The minimum Gasteiger partial charge on any atom is -0.394 e. The number of carbonyl (C=O) groups excluding carboxylic acids is 1. The van der Waals surface area contributed by atoms with Gasteiger partial charge >= 0.3 is 0 Å². The monoisotopic (exact) mass is 608 g/mol. The molecule has 0 radical (unpaired) electrons. The fourth-order valence-electron chi connectivity index (χ4n) is 6.00. The zero-order chi connectivity index (χ0) is 31.5. The molecule has 0 aromatic rings. The van der Waals surface area contributed by atoms with Crippen molar-refractivity contribution in [2.45, 2.75) is 225 Å². The number of aliphatic hydroxyl groups excluding tert-OH is 2. The van der Waals surface area contributed by atoms with E-state index in [2.05, 4.69) is 31.3 Å². The van der Waals surface area contributed by atoms with Crippen LogP contribution in [0.4, 0.5) is 0 Å². The third-order valence-corrected chi connectivity index (χ3v) is 9.03. The van der Waals surface area contributed by atoms with Crippen LogP contribution in [0.15, 0.2) is 12.2 Å². The normalized spacial score (nSPS) is 13.1. The molecule has 0 spiro atoms. The first-order chi connectivity index (χ1) is 21.2. The van der Waals surface area contributed by atoms with Gasteiger partial charge in [-0.05, 0) is 38.5 Å². The first kappa shape index (κ1) is 42.1. The van der Waals surface area contributed by atoms with E-state index in [1.165, 1.54) is 161 Å². The predicted octanol–water partition coefficient (Wildman–Crippen LogP) is 11.5. The molecule has 0 heterocycles. The highest BCUT2D eigenvalue weighted by Crippen LogP contribution is 2.15. The molecule has 3 N–H and O–H groups in total. The molecule has 256 valence electrons. The Hall–Kier alpha value is -0.870. The highest BCUT2D eigenvalue weighted by atomic mass is 16.3. The lowest BCUT2D eigenvalue weighted by atomic mass is 10.0. The van der Waals surface area contributed by atoms with Crippen LogP contribution in [0.3, 0.4) is 0 Å². The lowest BCUT2D eigenvalue weighted by molar-refractivity contribution is -0.123. The van der Waals surface area contributed by atoms with Gasteiger partial charge in [0.2, 0.25) is 5.91 Å². The summed E-state index contributed by atoms with van der Waals surface area (Å²) >= 11 is 0. The Labute approximate surface area is 269 Å². The van der Waals surface area contributed by atoms with Crippen molar-refractivity contribution in [1.82, 2.24) is 5.32 Å². The second-order valence-electron chi connectivity index (χ2n) is 13.4. The van der Waals surface area contributed by atoms with E-state index in [0.717, 1.165) is 25.7 Å². The number of amides is 1. The molecule has 0 rings (SSSR count). The van der Waals surface area contributed by atoms with Crippen LogP contribution in [0.25, 0.3) is 0 Å². The van der Waals surface area contributed by atoms with Crippen molar-refractivity contribution >= 4 is 5.91 Å². The summed E-state index contributed by atoms with van der Waals surface area (Å²) in [6, 6.07) is -0.533. The molecule has 4 heteroatoms. The minimum atomic E-state index is -0.656. The van der Waals surface area contributed by atoms with E-state index in [9.17, 15) is 15.0 Å². The smallest absolute Gasteiger partial charge is 0.220 e. The molecule has 2 atom stereocenters. The third kappa shape index (κ3) is 32.3. The van der Waals surface area contributed by atoms with Gasteiger partial charge in [0, 0.05) is 6.42 Å². The van der Waals surface area contributed by atoms with Crippen LogP contribution in [0.1, 0.15) is 213 Å². The van der Waals surface area contributed by atoms with Crippen LogP contribution in [0, 0.1) is 0 Å². The van der Waals surface area contributed by atoms with E-state index >= 15 is 0 Å². The minimum absolute atomic E-state index is 0.0356. The summed E-state index contributed by atoms with van der Waals surface area (Å²) in [4.78, 5) is 12.3. The topological polar surface area (TPSA) is 69.6 Å². The molecule has 4 nitrogen and oxygen atoms in total.